The average Bonchev–Trinajstić information content (AvgIpc) is 1.74. The van der Waals surface area contributed by atoms with E-state index < -0.39 is 37.5 Å². The molecule has 0 spiro atoms. The lowest BCUT2D eigenvalue weighted by Crippen LogP contribution is -2.41. The zero-order valence-corrected chi connectivity index (χ0v) is 60.3. The van der Waals surface area contributed by atoms with E-state index >= 15 is 0 Å². The zero-order valence-electron chi connectivity index (χ0n) is 58.6. The summed E-state index contributed by atoms with van der Waals surface area (Å²) in [5, 5.41) is 9.90. The van der Waals surface area contributed by atoms with E-state index in [1.54, 1.807) is 47.4 Å². The van der Waals surface area contributed by atoms with Crippen molar-refractivity contribution in [2.24, 2.45) is 11.8 Å². The van der Waals surface area contributed by atoms with Crippen LogP contribution in [0.15, 0.2) is 107 Å². The van der Waals surface area contributed by atoms with Gasteiger partial charge < -0.3 is 35.4 Å². The molecule has 5 N–H and O–H groups in total. The molecular formula is C73H98N14O8S2. The number of rotatable bonds is 4. The van der Waals surface area contributed by atoms with E-state index in [4.69, 9.17) is 24.7 Å². The van der Waals surface area contributed by atoms with Gasteiger partial charge in [-0.25, -0.2) is 34.2 Å². The number of piperidine rings is 2. The summed E-state index contributed by atoms with van der Waals surface area (Å²) in [5.74, 6) is 1.76. The smallest absolute Gasteiger partial charge is 0.410 e. The van der Waals surface area contributed by atoms with Crippen molar-refractivity contribution in [2.45, 2.75) is 216 Å². The molecule has 6 aromatic rings. The number of carbonyl (C=O) groups is 3. The van der Waals surface area contributed by atoms with Crippen LogP contribution in [0, 0.1) is 11.8 Å². The molecule has 0 aliphatic carbocycles. The van der Waals surface area contributed by atoms with E-state index in [1.807, 2.05) is 45.3 Å². The topological polar surface area (TPSA) is 276 Å². The van der Waals surface area contributed by atoms with Crippen molar-refractivity contribution >= 4 is 61.2 Å². The normalized spacial score (nSPS) is 23.0. The maximum absolute atomic E-state index is 13.7. The Morgan fingerprint density at radius 1 is 0.526 bits per heavy atom. The van der Waals surface area contributed by atoms with Crippen LogP contribution in [0.4, 0.5) is 28.1 Å². The molecule has 520 valence electrons. The van der Waals surface area contributed by atoms with Crippen LogP contribution in [-0.4, -0.2) is 125 Å². The van der Waals surface area contributed by atoms with Crippen LogP contribution in [0.5, 0.6) is 0 Å². The number of anilines is 4. The highest BCUT2D eigenvalue weighted by atomic mass is 32.2. The van der Waals surface area contributed by atoms with Gasteiger partial charge in [-0.2, -0.15) is 16.8 Å². The molecule has 12 rings (SSSR count). The molecule has 24 heteroatoms. The number of carbonyl (C=O) groups excluding carboxylic acids is 3. The summed E-state index contributed by atoms with van der Waals surface area (Å²) in [5.41, 5.74) is 4.55. The number of pyridine rings is 6. The minimum atomic E-state index is -4.32. The third-order valence-corrected chi connectivity index (χ3v) is 22.3. The first-order valence-electron chi connectivity index (χ1n) is 34.4. The molecular weight excluding hydrogens is 1270 g/mol. The minimum absolute atomic E-state index is 0.174. The SMILES string of the molecule is CC(C)(C)OC(=O)N1CCC(c2ccc(C3CC[C@@H]4CN(c5nc(C(C)(C)C)ccc5C(=O)NS(=O)(=O)c5cccc(n5)N3)C(C)(C)C4)nc2)CC1.CC(C)(C)c1ccc2c(n1)N1C[C@@H](CCC(c3ccc(C4CCNCC4)cn3)Nc3cccc(n3)S(=O)(=O)NC2=O)CC1(C)C. The second-order valence-corrected chi connectivity index (χ2v) is 34.8. The summed E-state index contributed by atoms with van der Waals surface area (Å²) in [6, 6.07) is 24.6. The predicted molar refractivity (Wildman–Crippen MR) is 377 cm³/mol. The van der Waals surface area contributed by atoms with Crippen LogP contribution in [0.1, 0.15) is 233 Å². The number of fused-ring (bicyclic) bond motifs is 12. The molecule has 6 aliphatic heterocycles. The summed E-state index contributed by atoms with van der Waals surface area (Å²) in [6.07, 6.45) is 12.6. The number of nitrogens with zero attached hydrogens (tertiary/aromatic N) is 9. The Kier molecular flexibility index (Phi) is 20.0. The summed E-state index contributed by atoms with van der Waals surface area (Å²) >= 11 is 0. The van der Waals surface area contributed by atoms with Crippen LogP contribution < -0.4 is 35.2 Å². The second-order valence-electron chi connectivity index (χ2n) is 31.6. The van der Waals surface area contributed by atoms with E-state index in [1.165, 1.54) is 17.7 Å². The van der Waals surface area contributed by atoms with Crippen molar-refractivity contribution < 1.29 is 36.0 Å². The van der Waals surface area contributed by atoms with Crippen LogP contribution in [0.2, 0.25) is 0 Å². The number of hydrogen-bond acceptors (Lipinski definition) is 19. The molecule has 3 amide bonds. The van der Waals surface area contributed by atoms with E-state index in [9.17, 15) is 31.2 Å². The minimum Gasteiger partial charge on any atom is -0.444 e. The number of ether oxygens (including phenoxy) is 1. The molecule has 4 atom stereocenters. The molecule has 4 saturated heterocycles. The summed E-state index contributed by atoms with van der Waals surface area (Å²) in [4.78, 5) is 74.9. The van der Waals surface area contributed by atoms with Crippen molar-refractivity contribution in [1.82, 2.24) is 49.6 Å². The second kappa shape index (κ2) is 27.5. The number of nitrogens with one attached hydrogen (secondary N) is 5. The lowest BCUT2D eigenvalue weighted by atomic mass is 9.89. The first-order valence-corrected chi connectivity index (χ1v) is 37.4. The number of aromatic nitrogens is 6. The average molecular weight is 1360 g/mol. The van der Waals surface area contributed by atoms with E-state index in [2.05, 4.69) is 133 Å². The Hall–Kier alpha value is -7.83. The van der Waals surface area contributed by atoms with Gasteiger partial charge >= 0.3 is 6.09 Å². The fourth-order valence-corrected chi connectivity index (χ4v) is 16.4. The van der Waals surface area contributed by atoms with Gasteiger partial charge in [0, 0.05) is 71.9 Å². The van der Waals surface area contributed by atoms with Gasteiger partial charge in [0.25, 0.3) is 31.9 Å². The molecule has 0 radical (unpaired) electrons. The number of sulfonamides is 2. The van der Waals surface area contributed by atoms with Crippen molar-refractivity contribution in [3.8, 4) is 0 Å². The van der Waals surface area contributed by atoms with Gasteiger partial charge in [-0.05, 0) is 221 Å². The van der Waals surface area contributed by atoms with Crippen LogP contribution in [0.25, 0.3) is 0 Å². The summed E-state index contributed by atoms with van der Waals surface area (Å²) in [7, 11) is -8.59. The van der Waals surface area contributed by atoms with Gasteiger partial charge in [0.2, 0.25) is 0 Å². The number of amides is 3. The first kappa shape index (κ1) is 70.5. The van der Waals surface area contributed by atoms with E-state index in [0.717, 1.165) is 106 Å². The Labute approximate surface area is 573 Å². The van der Waals surface area contributed by atoms with Gasteiger partial charge in [-0.3, -0.25) is 19.6 Å². The Morgan fingerprint density at radius 2 is 0.948 bits per heavy atom. The van der Waals surface area contributed by atoms with Gasteiger partial charge in [0.15, 0.2) is 10.1 Å². The van der Waals surface area contributed by atoms with Crippen molar-refractivity contribution in [3.05, 3.63) is 142 Å². The van der Waals surface area contributed by atoms with E-state index in [0.29, 0.717) is 61.3 Å². The highest BCUT2D eigenvalue weighted by molar-refractivity contribution is 7.90. The fraction of sp³-hybridized carbons (Fsp3) is 0.548. The maximum Gasteiger partial charge on any atom is 0.410 e. The van der Waals surface area contributed by atoms with E-state index in [-0.39, 0.29) is 73.1 Å². The molecule has 4 fully saturated rings. The lowest BCUT2D eigenvalue weighted by Gasteiger charge is -2.34. The maximum atomic E-state index is 13.7. The van der Waals surface area contributed by atoms with Gasteiger partial charge in [-0.15, -0.1) is 0 Å². The molecule has 2 unspecified atom stereocenters. The lowest BCUT2D eigenvalue weighted by molar-refractivity contribution is 0.0204. The molecule has 6 aliphatic rings. The molecule has 97 heavy (non-hydrogen) atoms. The van der Waals surface area contributed by atoms with Crippen LogP contribution in [0.3, 0.4) is 0 Å². The largest absolute Gasteiger partial charge is 0.444 e. The third kappa shape index (κ3) is 16.5. The third-order valence-electron chi connectivity index (χ3n) is 19.8. The summed E-state index contributed by atoms with van der Waals surface area (Å²) in [6.45, 7) is 31.4. The molecule has 0 aromatic carbocycles. The summed E-state index contributed by atoms with van der Waals surface area (Å²) < 4.78 is 64.3. The molecule has 8 bridgehead atoms. The van der Waals surface area contributed by atoms with Gasteiger partial charge in [-0.1, -0.05) is 65.8 Å². The zero-order chi connectivity index (χ0) is 69.6. The quantitative estimate of drug-likeness (QED) is 0.110. The van der Waals surface area contributed by atoms with Gasteiger partial charge in [0.1, 0.15) is 28.9 Å². The molecule has 6 aromatic heterocycles. The molecule has 22 nitrogen and oxygen atoms in total. The Morgan fingerprint density at radius 3 is 1.34 bits per heavy atom. The highest BCUT2D eigenvalue weighted by Gasteiger charge is 2.44. The highest BCUT2D eigenvalue weighted by Crippen LogP contribution is 2.44. The predicted octanol–water partition coefficient (Wildman–Crippen LogP) is 12.3. The monoisotopic (exact) mass is 1360 g/mol. The number of likely N-dealkylation sites (tertiary alicyclic amines) is 1. The van der Waals surface area contributed by atoms with Gasteiger partial charge in [0.05, 0.1) is 34.6 Å². The van der Waals surface area contributed by atoms with Crippen LogP contribution in [-0.2, 0) is 35.6 Å². The Bertz CT molecular complexity index is 4100. The fourth-order valence-electron chi connectivity index (χ4n) is 14.5. The standard InChI is InChI=1S/C39H53N7O5S.C34H45N7O3S/c1-37(2,3)31-17-14-28-34(42-31)46-24-25(22-39(46,7)8)12-15-30(41-32-10-9-11-33(43-32)52(49,50)44-35(28)47)29-16-13-27(23-40-29)26-18-20-45(21-19-26)36(48)51-38(4,5)6;1-33(2,3)28-14-11-25-31(38-28)41-21-22(19-34(41,4)5)9-12-27(26-13-10-24(20-36-26)23-15-17-35-18-16-23)37-29-7-6-8-30(39-29)45(43,44)40-32(25)42/h9-11,13-14,16-17,23,25-26,30H,12,15,18-22,24H2,1-8H3,(H,41,43)(H,44,47);6-8,10-11,13-14,20,22-23,27,35H,9,12,15-19,21H2,1-5H3,(H,37,39)(H,40,42)/t25-,30?;22-,27?/m00/s1. The molecule has 0 saturated carbocycles. The van der Waals surface area contributed by atoms with Crippen molar-refractivity contribution in [3.63, 3.8) is 0 Å². The molecule has 12 heterocycles. The van der Waals surface area contributed by atoms with Crippen molar-refractivity contribution in [1.29, 1.82) is 0 Å². The van der Waals surface area contributed by atoms with Crippen LogP contribution >= 0.6 is 0 Å². The van der Waals surface area contributed by atoms with Crippen molar-refractivity contribution in [2.75, 3.05) is 59.7 Å². The Balaban J connectivity index is 0.000000199. The number of hydrogen-bond donors (Lipinski definition) is 5. The first-order chi connectivity index (χ1) is 45.6.